The molecule has 0 radical (unpaired) electrons. The molecule has 102 valence electrons. The van der Waals surface area contributed by atoms with Crippen LogP contribution in [-0.2, 0) is 6.61 Å². The van der Waals surface area contributed by atoms with E-state index >= 15 is 0 Å². The van der Waals surface area contributed by atoms with Crippen molar-refractivity contribution in [1.29, 1.82) is 0 Å². The van der Waals surface area contributed by atoms with Gasteiger partial charge in [0.05, 0.1) is 6.61 Å². The van der Waals surface area contributed by atoms with Gasteiger partial charge < -0.3 is 14.7 Å². The van der Waals surface area contributed by atoms with Gasteiger partial charge in [0, 0.05) is 6.54 Å². The molecule has 0 aromatic heterocycles. The van der Waals surface area contributed by atoms with E-state index in [0.717, 1.165) is 25.2 Å². The zero-order valence-electron chi connectivity index (χ0n) is 10.7. The topological polar surface area (TPSA) is 32.7 Å². The first-order valence-electron chi connectivity index (χ1n) is 6.06. The summed E-state index contributed by atoms with van der Waals surface area (Å²) in [6.07, 6.45) is 0. The first kappa shape index (κ1) is 14.9. The van der Waals surface area contributed by atoms with E-state index in [-0.39, 0.29) is 17.9 Å². The Morgan fingerprint density at radius 1 is 1.17 bits per heavy atom. The van der Waals surface area contributed by atoms with Gasteiger partial charge in [0.15, 0.2) is 17.4 Å². The molecule has 1 rings (SSSR count). The van der Waals surface area contributed by atoms with Crippen molar-refractivity contribution in [3.05, 3.63) is 29.3 Å². The normalized spacial score (nSPS) is 11.0. The summed E-state index contributed by atoms with van der Waals surface area (Å²) in [6.45, 7) is 6.22. The number of likely N-dealkylation sites (N-methyl/N-ethyl adjacent to an activating group) is 1. The maximum absolute atomic E-state index is 13.5. The third kappa shape index (κ3) is 3.92. The Labute approximate surface area is 106 Å². The Bertz CT molecular complexity index is 358. The van der Waals surface area contributed by atoms with E-state index in [4.69, 9.17) is 9.84 Å². The van der Waals surface area contributed by atoms with E-state index in [0.29, 0.717) is 6.54 Å². The Morgan fingerprint density at radius 2 is 1.72 bits per heavy atom. The monoisotopic (exact) mass is 259 g/mol. The molecule has 0 heterocycles. The fourth-order valence-electron chi connectivity index (χ4n) is 1.66. The lowest BCUT2D eigenvalue weighted by atomic mass is 10.2. The lowest BCUT2D eigenvalue weighted by molar-refractivity contribution is 0.210. The Kier molecular flexibility index (Phi) is 6.01. The van der Waals surface area contributed by atoms with Crippen molar-refractivity contribution in [2.45, 2.75) is 20.5 Å². The highest BCUT2D eigenvalue weighted by Gasteiger charge is 2.12. The zero-order chi connectivity index (χ0) is 13.5. The van der Waals surface area contributed by atoms with Crippen molar-refractivity contribution in [2.24, 2.45) is 0 Å². The fourth-order valence-corrected chi connectivity index (χ4v) is 1.66. The van der Waals surface area contributed by atoms with Gasteiger partial charge in [0.2, 0.25) is 0 Å². The molecule has 0 fully saturated rings. The second kappa shape index (κ2) is 7.28. The summed E-state index contributed by atoms with van der Waals surface area (Å²) >= 11 is 0. The maximum Gasteiger partial charge on any atom is 0.190 e. The van der Waals surface area contributed by atoms with Crippen LogP contribution in [0.15, 0.2) is 12.1 Å². The van der Waals surface area contributed by atoms with Crippen LogP contribution in [0.4, 0.5) is 8.78 Å². The third-order valence-electron chi connectivity index (χ3n) is 2.79. The molecule has 1 aromatic carbocycles. The van der Waals surface area contributed by atoms with Crippen LogP contribution in [-0.4, -0.2) is 36.2 Å². The number of aliphatic hydroxyl groups excluding tert-OH is 1. The summed E-state index contributed by atoms with van der Waals surface area (Å²) in [5, 5.41) is 8.81. The smallest absolute Gasteiger partial charge is 0.190 e. The third-order valence-corrected chi connectivity index (χ3v) is 2.79. The number of nitrogens with zero attached hydrogens (tertiary/aromatic N) is 1. The van der Waals surface area contributed by atoms with Gasteiger partial charge in [0.1, 0.15) is 6.61 Å². The number of aliphatic hydroxyl groups is 1. The van der Waals surface area contributed by atoms with Crippen LogP contribution in [0.25, 0.3) is 0 Å². The minimum Gasteiger partial charge on any atom is -0.486 e. The van der Waals surface area contributed by atoms with E-state index in [2.05, 4.69) is 4.90 Å². The van der Waals surface area contributed by atoms with Crippen LogP contribution in [0.2, 0.25) is 0 Å². The second-order valence-corrected chi connectivity index (χ2v) is 3.92. The van der Waals surface area contributed by atoms with Gasteiger partial charge in [-0.3, -0.25) is 0 Å². The average Bonchev–Trinajstić information content (AvgIpc) is 2.37. The molecular formula is C13H19F2NO2. The molecule has 18 heavy (non-hydrogen) atoms. The fraction of sp³-hybridized carbons (Fsp3) is 0.538. The Balaban J connectivity index is 2.62. The van der Waals surface area contributed by atoms with Crippen molar-refractivity contribution in [3.8, 4) is 5.75 Å². The first-order chi connectivity index (χ1) is 8.62. The molecule has 0 bridgehead atoms. The zero-order valence-corrected chi connectivity index (χ0v) is 10.7. The molecule has 0 aliphatic rings. The molecule has 1 N–H and O–H groups in total. The van der Waals surface area contributed by atoms with Gasteiger partial charge in [-0.05, 0) is 30.8 Å². The summed E-state index contributed by atoms with van der Waals surface area (Å²) in [5.41, 5.74) is 0.195. The summed E-state index contributed by atoms with van der Waals surface area (Å²) < 4.78 is 32.1. The standard InChI is InChI=1S/C13H19F2NO2/c1-3-16(4-2)5-6-18-13-11(14)7-10(9-17)8-12(13)15/h7-8,17H,3-6,9H2,1-2H3. The number of benzene rings is 1. The van der Waals surface area contributed by atoms with Crippen molar-refractivity contribution in [2.75, 3.05) is 26.2 Å². The van der Waals surface area contributed by atoms with Crippen LogP contribution < -0.4 is 4.74 Å². The van der Waals surface area contributed by atoms with Gasteiger partial charge in [-0.1, -0.05) is 13.8 Å². The van der Waals surface area contributed by atoms with Crippen LogP contribution >= 0.6 is 0 Å². The molecule has 0 amide bonds. The summed E-state index contributed by atoms with van der Waals surface area (Å²) in [7, 11) is 0. The summed E-state index contributed by atoms with van der Waals surface area (Å²) in [6, 6.07) is 2.16. The molecule has 0 unspecified atom stereocenters. The van der Waals surface area contributed by atoms with Crippen molar-refractivity contribution >= 4 is 0 Å². The van der Waals surface area contributed by atoms with Crippen LogP contribution in [0.3, 0.4) is 0 Å². The highest BCUT2D eigenvalue weighted by Crippen LogP contribution is 2.23. The van der Waals surface area contributed by atoms with E-state index in [9.17, 15) is 8.78 Å². The molecule has 0 saturated heterocycles. The Morgan fingerprint density at radius 3 is 2.17 bits per heavy atom. The molecule has 0 spiro atoms. The SMILES string of the molecule is CCN(CC)CCOc1c(F)cc(CO)cc1F. The molecule has 0 saturated carbocycles. The predicted octanol–water partition coefficient (Wildman–Crippen LogP) is 2.18. The van der Waals surface area contributed by atoms with Gasteiger partial charge >= 0.3 is 0 Å². The predicted molar refractivity (Wildman–Crippen MR) is 65.6 cm³/mol. The number of hydrogen-bond acceptors (Lipinski definition) is 3. The van der Waals surface area contributed by atoms with E-state index < -0.39 is 18.2 Å². The Hall–Kier alpha value is -1.20. The lowest BCUT2D eigenvalue weighted by Gasteiger charge is -2.18. The van der Waals surface area contributed by atoms with Gasteiger partial charge in [-0.2, -0.15) is 0 Å². The van der Waals surface area contributed by atoms with Crippen LogP contribution in [0.1, 0.15) is 19.4 Å². The van der Waals surface area contributed by atoms with Crippen LogP contribution in [0.5, 0.6) is 5.75 Å². The van der Waals surface area contributed by atoms with Crippen molar-refractivity contribution < 1.29 is 18.6 Å². The molecule has 1 aromatic rings. The van der Waals surface area contributed by atoms with Gasteiger partial charge in [-0.25, -0.2) is 8.78 Å². The van der Waals surface area contributed by atoms with E-state index in [1.807, 2.05) is 13.8 Å². The maximum atomic E-state index is 13.5. The first-order valence-corrected chi connectivity index (χ1v) is 6.06. The minimum absolute atomic E-state index is 0.195. The minimum atomic E-state index is -0.779. The van der Waals surface area contributed by atoms with Gasteiger partial charge in [0.25, 0.3) is 0 Å². The molecule has 0 aliphatic heterocycles. The summed E-state index contributed by atoms with van der Waals surface area (Å²) in [4.78, 5) is 2.10. The molecule has 0 atom stereocenters. The number of hydrogen-bond donors (Lipinski definition) is 1. The van der Waals surface area contributed by atoms with Crippen molar-refractivity contribution in [3.63, 3.8) is 0 Å². The molecular weight excluding hydrogens is 240 g/mol. The lowest BCUT2D eigenvalue weighted by Crippen LogP contribution is -2.28. The van der Waals surface area contributed by atoms with Crippen LogP contribution in [0, 0.1) is 11.6 Å². The number of halogens is 2. The summed E-state index contributed by atoms with van der Waals surface area (Å²) in [5.74, 6) is -1.93. The quantitative estimate of drug-likeness (QED) is 0.814. The largest absolute Gasteiger partial charge is 0.486 e. The van der Waals surface area contributed by atoms with E-state index in [1.54, 1.807) is 0 Å². The van der Waals surface area contributed by atoms with Crippen molar-refractivity contribution in [1.82, 2.24) is 4.90 Å². The highest BCUT2D eigenvalue weighted by atomic mass is 19.1. The average molecular weight is 259 g/mol. The van der Waals surface area contributed by atoms with Gasteiger partial charge in [-0.15, -0.1) is 0 Å². The van der Waals surface area contributed by atoms with E-state index in [1.165, 1.54) is 0 Å². The number of ether oxygens (including phenoxy) is 1. The molecule has 5 heteroatoms. The molecule has 3 nitrogen and oxygen atoms in total. The second-order valence-electron chi connectivity index (χ2n) is 3.92. The molecule has 0 aliphatic carbocycles. The number of rotatable bonds is 7. The highest BCUT2D eigenvalue weighted by molar-refractivity contribution is 5.31.